The lowest BCUT2D eigenvalue weighted by Gasteiger charge is -2.30. The minimum absolute atomic E-state index is 0.102. The molecule has 2 amide bonds. The highest BCUT2D eigenvalue weighted by atomic mass is 16.5. The van der Waals surface area contributed by atoms with E-state index in [0.717, 1.165) is 48.0 Å². The lowest BCUT2D eigenvalue weighted by atomic mass is 9.96. The van der Waals surface area contributed by atoms with Crippen molar-refractivity contribution in [1.82, 2.24) is 30.2 Å². The second-order valence-corrected chi connectivity index (χ2v) is 7.05. The predicted octanol–water partition coefficient (Wildman–Crippen LogP) is 2.80. The fraction of sp³-hybridized carbons (Fsp3) is 0.526. The van der Waals surface area contributed by atoms with Crippen molar-refractivity contribution in [3.05, 3.63) is 24.8 Å². The Morgan fingerprint density at radius 2 is 1.96 bits per heavy atom. The number of aromatic nitrogens is 4. The van der Waals surface area contributed by atoms with E-state index in [1.807, 2.05) is 17.2 Å². The number of pyridine rings is 1. The van der Waals surface area contributed by atoms with Crippen molar-refractivity contribution in [2.24, 2.45) is 0 Å². The van der Waals surface area contributed by atoms with Crippen LogP contribution in [0.25, 0.3) is 22.1 Å². The van der Waals surface area contributed by atoms with E-state index in [-0.39, 0.29) is 6.03 Å². The number of carbonyl (C=O) groups excluding carboxylic acids is 1. The summed E-state index contributed by atoms with van der Waals surface area (Å²) in [5, 5.41) is 4.18. The summed E-state index contributed by atoms with van der Waals surface area (Å²) < 4.78 is 5.22. The molecular formula is C19H26N6O2. The van der Waals surface area contributed by atoms with Gasteiger partial charge in [0.1, 0.15) is 11.2 Å². The molecule has 2 aliphatic rings. The number of H-pyrrole nitrogens is 2. The molecule has 0 aromatic carbocycles. The molecule has 2 fully saturated rings. The summed E-state index contributed by atoms with van der Waals surface area (Å²) in [5.41, 5.74) is 2.83. The Morgan fingerprint density at radius 1 is 1.15 bits per heavy atom. The molecule has 0 atom stereocenters. The van der Waals surface area contributed by atoms with Crippen LogP contribution in [0.3, 0.4) is 0 Å². The van der Waals surface area contributed by atoms with E-state index in [4.69, 9.17) is 4.74 Å². The van der Waals surface area contributed by atoms with Gasteiger partial charge in [-0.3, -0.25) is 0 Å². The van der Waals surface area contributed by atoms with Gasteiger partial charge in [0, 0.05) is 30.7 Å². The van der Waals surface area contributed by atoms with Gasteiger partial charge < -0.3 is 24.9 Å². The van der Waals surface area contributed by atoms with Gasteiger partial charge in [0.2, 0.25) is 0 Å². The number of nitrogens with zero attached hydrogens (tertiary/aromatic N) is 3. The standard InChI is InChI=1S/C11H20N2O2.C8H6N4/c14-11(13-6-8-15-9-7-13)12-10-4-2-1-3-5-10;1-2-9-8-5(1)7-6(3-10-8)11-4-12-7/h10H,1-9H2,(H,12,14);1-4H,(H,9,10)(H,11,12). The number of imidazole rings is 1. The third-order valence-corrected chi connectivity index (χ3v) is 5.20. The number of amides is 2. The Labute approximate surface area is 157 Å². The van der Waals surface area contributed by atoms with E-state index in [1.54, 1.807) is 12.5 Å². The first-order valence-corrected chi connectivity index (χ1v) is 9.69. The highest BCUT2D eigenvalue weighted by Gasteiger charge is 2.21. The van der Waals surface area contributed by atoms with E-state index in [2.05, 4.69) is 25.3 Å². The smallest absolute Gasteiger partial charge is 0.317 e. The maximum atomic E-state index is 11.8. The number of fused-ring (bicyclic) bond motifs is 3. The number of nitrogens with one attached hydrogen (secondary N) is 3. The zero-order valence-corrected chi connectivity index (χ0v) is 15.4. The molecule has 27 heavy (non-hydrogen) atoms. The minimum Gasteiger partial charge on any atom is -0.378 e. The summed E-state index contributed by atoms with van der Waals surface area (Å²) in [6, 6.07) is 2.49. The Kier molecular flexibility index (Phi) is 5.53. The molecule has 3 N–H and O–H groups in total. The van der Waals surface area contributed by atoms with E-state index in [0.29, 0.717) is 19.3 Å². The van der Waals surface area contributed by atoms with Gasteiger partial charge in [-0.25, -0.2) is 14.8 Å². The first-order valence-electron chi connectivity index (χ1n) is 9.69. The largest absolute Gasteiger partial charge is 0.378 e. The number of morpholine rings is 1. The molecule has 0 bridgehead atoms. The monoisotopic (exact) mass is 370 g/mol. The fourth-order valence-electron chi connectivity index (χ4n) is 3.68. The normalized spacial score (nSPS) is 18.3. The zero-order valence-electron chi connectivity index (χ0n) is 15.4. The molecule has 8 heteroatoms. The molecule has 0 radical (unpaired) electrons. The molecule has 1 saturated carbocycles. The van der Waals surface area contributed by atoms with Crippen LogP contribution in [-0.4, -0.2) is 63.2 Å². The number of hydrogen-bond acceptors (Lipinski definition) is 4. The van der Waals surface area contributed by atoms with Gasteiger partial charge in [-0.15, -0.1) is 0 Å². The zero-order chi connectivity index (χ0) is 18.5. The van der Waals surface area contributed by atoms with E-state index in [9.17, 15) is 4.79 Å². The quantitative estimate of drug-likeness (QED) is 0.613. The lowest BCUT2D eigenvalue weighted by Crippen LogP contribution is -2.49. The summed E-state index contributed by atoms with van der Waals surface area (Å²) in [7, 11) is 0. The van der Waals surface area contributed by atoms with E-state index < -0.39 is 0 Å². The summed E-state index contributed by atoms with van der Waals surface area (Å²) in [6.45, 7) is 2.83. The van der Waals surface area contributed by atoms with Gasteiger partial charge in [-0.05, 0) is 18.9 Å². The van der Waals surface area contributed by atoms with Crippen LogP contribution < -0.4 is 5.32 Å². The van der Waals surface area contributed by atoms with Crippen LogP contribution in [-0.2, 0) is 4.74 Å². The molecule has 1 aliphatic heterocycles. The average molecular weight is 370 g/mol. The van der Waals surface area contributed by atoms with Crippen LogP contribution in [0.5, 0.6) is 0 Å². The molecule has 1 saturated heterocycles. The summed E-state index contributed by atoms with van der Waals surface area (Å²) in [4.78, 5) is 28.2. The number of aromatic amines is 2. The second kappa shape index (κ2) is 8.39. The summed E-state index contributed by atoms with van der Waals surface area (Å²) >= 11 is 0. The van der Waals surface area contributed by atoms with Gasteiger partial charge in [-0.2, -0.15) is 0 Å². The SMILES string of the molecule is O=C(NC1CCCCC1)N1CCOCC1.c1nc2c(cnc3[nH]ccc32)[nH]1. The first kappa shape index (κ1) is 17.8. The fourth-order valence-corrected chi connectivity index (χ4v) is 3.68. The van der Waals surface area contributed by atoms with Crippen molar-refractivity contribution in [1.29, 1.82) is 0 Å². The molecule has 4 heterocycles. The van der Waals surface area contributed by atoms with Crippen LogP contribution >= 0.6 is 0 Å². The van der Waals surface area contributed by atoms with Crippen molar-refractivity contribution in [2.75, 3.05) is 26.3 Å². The van der Waals surface area contributed by atoms with E-state index >= 15 is 0 Å². The van der Waals surface area contributed by atoms with Crippen LogP contribution in [0, 0.1) is 0 Å². The van der Waals surface area contributed by atoms with Crippen LogP contribution in [0.1, 0.15) is 32.1 Å². The van der Waals surface area contributed by atoms with E-state index in [1.165, 1.54) is 19.3 Å². The topological polar surface area (TPSA) is 98.9 Å². The molecule has 5 rings (SSSR count). The average Bonchev–Trinajstić information content (AvgIpc) is 3.38. The molecule has 144 valence electrons. The van der Waals surface area contributed by atoms with Crippen LogP contribution in [0.2, 0.25) is 0 Å². The van der Waals surface area contributed by atoms with Crippen LogP contribution in [0.15, 0.2) is 24.8 Å². The number of hydrogen-bond donors (Lipinski definition) is 3. The highest BCUT2D eigenvalue weighted by Crippen LogP contribution is 2.19. The Bertz CT molecular complexity index is 827. The van der Waals surface area contributed by atoms with Gasteiger partial charge in [0.25, 0.3) is 0 Å². The molecule has 0 spiro atoms. The van der Waals surface area contributed by atoms with Crippen molar-refractivity contribution in [2.45, 2.75) is 38.1 Å². The molecule has 3 aromatic heterocycles. The molecular weight excluding hydrogens is 344 g/mol. The Hall–Kier alpha value is -2.61. The number of ether oxygens (including phenoxy) is 1. The molecule has 8 nitrogen and oxygen atoms in total. The van der Waals surface area contributed by atoms with Gasteiger partial charge >= 0.3 is 6.03 Å². The summed E-state index contributed by atoms with van der Waals surface area (Å²) in [6.07, 6.45) is 11.5. The van der Waals surface area contributed by atoms with Crippen molar-refractivity contribution in [3.63, 3.8) is 0 Å². The van der Waals surface area contributed by atoms with Crippen LogP contribution in [0.4, 0.5) is 4.79 Å². The second-order valence-electron chi connectivity index (χ2n) is 7.05. The van der Waals surface area contributed by atoms with Crippen molar-refractivity contribution >= 4 is 28.1 Å². The van der Waals surface area contributed by atoms with Crippen molar-refractivity contribution in [3.8, 4) is 0 Å². The van der Waals surface area contributed by atoms with Gasteiger partial charge in [0.05, 0.1) is 31.3 Å². The Balaban J connectivity index is 0.000000136. The third kappa shape index (κ3) is 4.21. The lowest BCUT2D eigenvalue weighted by molar-refractivity contribution is 0.0521. The maximum Gasteiger partial charge on any atom is 0.317 e. The first-order chi connectivity index (χ1) is 13.3. The minimum atomic E-state index is 0.102. The number of carbonyl (C=O) groups is 1. The number of rotatable bonds is 1. The molecule has 3 aromatic rings. The maximum absolute atomic E-state index is 11.8. The summed E-state index contributed by atoms with van der Waals surface area (Å²) in [5.74, 6) is 0. The third-order valence-electron chi connectivity index (χ3n) is 5.20. The number of urea groups is 1. The highest BCUT2D eigenvalue weighted by molar-refractivity contribution is 6.00. The Morgan fingerprint density at radius 3 is 2.78 bits per heavy atom. The molecule has 0 unspecified atom stereocenters. The van der Waals surface area contributed by atoms with Gasteiger partial charge in [-0.1, -0.05) is 19.3 Å². The molecule has 1 aliphatic carbocycles. The predicted molar refractivity (Wildman–Crippen MR) is 104 cm³/mol. The van der Waals surface area contributed by atoms with Gasteiger partial charge in [0.15, 0.2) is 0 Å². The van der Waals surface area contributed by atoms with Crippen molar-refractivity contribution < 1.29 is 9.53 Å².